The summed E-state index contributed by atoms with van der Waals surface area (Å²) in [7, 11) is 0. The smallest absolute Gasteiger partial charge is 0.477 e. The van der Waals surface area contributed by atoms with E-state index in [0.29, 0.717) is 0 Å². The molecule has 5 nitrogen and oxygen atoms in total. The number of ether oxygens (including phenoxy) is 1. The predicted molar refractivity (Wildman–Crippen MR) is 57.7 cm³/mol. The van der Waals surface area contributed by atoms with E-state index in [9.17, 15) is 18.0 Å². The number of nitrogens with zero attached hydrogens (tertiary/aromatic N) is 1. The number of carboxylic acid groups (broad SMARTS) is 1. The van der Waals surface area contributed by atoms with E-state index in [1.54, 1.807) is 0 Å². The van der Waals surface area contributed by atoms with Gasteiger partial charge in [-0.3, -0.25) is 0 Å². The number of benzene rings is 1. The molecule has 0 bridgehead atoms. The maximum absolute atomic E-state index is 12.2. The van der Waals surface area contributed by atoms with Gasteiger partial charge in [0.2, 0.25) is 0 Å². The van der Waals surface area contributed by atoms with Crippen LogP contribution in [0.25, 0.3) is 11.4 Å². The van der Waals surface area contributed by atoms with Crippen LogP contribution >= 0.6 is 0 Å². The molecule has 100 valence electrons. The highest BCUT2D eigenvalue weighted by Crippen LogP contribution is 2.31. The molecule has 19 heavy (non-hydrogen) atoms. The van der Waals surface area contributed by atoms with Gasteiger partial charge in [0.15, 0.2) is 0 Å². The minimum Gasteiger partial charge on any atom is -0.477 e. The summed E-state index contributed by atoms with van der Waals surface area (Å²) in [6.45, 7) is 0. The summed E-state index contributed by atoms with van der Waals surface area (Å²) in [4.78, 5) is 16.8. The maximum atomic E-state index is 12.2. The van der Waals surface area contributed by atoms with Gasteiger partial charge in [0, 0.05) is 0 Å². The van der Waals surface area contributed by atoms with Crippen molar-refractivity contribution >= 4 is 5.97 Å². The molecule has 1 aromatic heterocycles. The first kappa shape index (κ1) is 12.9. The van der Waals surface area contributed by atoms with Gasteiger partial charge in [-0.1, -0.05) is 12.1 Å². The summed E-state index contributed by atoms with van der Waals surface area (Å²) in [6.07, 6.45) is -3.82. The van der Waals surface area contributed by atoms with Crippen molar-refractivity contribution in [3.05, 3.63) is 36.2 Å². The Morgan fingerprint density at radius 1 is 1.32 bits per heavy atom. The van der Waals surface area contributed by atoms with Gasteiger partial charge < -0.3 is 14.8 Å². The van der Waals surface area contributed by atoms with Crippen molar-refractivity contribution in [1.29, 1.82) is 0 Å². The molecule has 1 aromatic carbocycles. The lowest BCUT2D eigenvalue weighted by Crippen LogP contribution is -2.17. The van der Waals surface area contributed by atoms with Crippen LogP contribution in [-0.4, -0.2) is 27.4 Å². The normalized spacial score (nSPS) is 11.3. The third-order valence-corrected chi connectivity index (χ3v) is 2.17. The lowest BCUT2D eigenvalue weighted by molar-refractivity contribution is -0.274. The van der Waals surface area contributed by atoms with E-state index in [0.717, 1.165) is 12.3 Å². The van der Waals surface area contributed by atoms with Crippen molar-refractivity contribution in [3.8, 4) is 17.1 Å². The first-order chi connectivity index (χ1) is 8.87. The highest BCUT2D eigenvalue weighted by molar-refractivity contribution is 5.86. The van der Waals surface area contributed by atoms with E-state index >= 15 is 0 Å². The number of carbonyl (C=O) groups is 1. The molecule has 0 amide bonds. The Balaban J connectivity index is 2.41. The number of alkyl halides is 3. The van der Waals surface area contributed by atoms with Crippen LogP contribution in [0, 0.1) is 0 Å². The second-order valence-corrected chi connectivity index (χ2v) is 3.49. The number of aromatic amines is 1. The summed E-state index contributed by atoms with van der Waals surface area (Å²) in [5.41, 5.74) is -0.205. The predicted octanol–water partition coefficient (Wildman–Crippen LogP) is 2.67. The number of carboxylic acids is 1. The van der Waals surface area contributed by atoms with Crippen LogP contribution in [-0.2, 0) is 0 Å². The maximum Gasteiger partial charge on any atom is 0.573 e. The summed E-state index contributed by atoms with van der Waals surface area (Å²) < 4.78 is 40.5. The van der Waals surface area contributed by atoms with Crippen LogP contribution in [0.2, 0.25) is 0 Å². The number of nitrogens with one attached hydrogen (secondary N) is 1. The van der Waals surface area contributed by atoms with E-state index in [4.69, 9.17) is 5.11 Å². The average molecular weight is 272 g/mol. The molecule has 8 heteroatoms. The Labute approximate surface area is 104 Å². The zero-order valence-electron chi connectivity index (χ0n) is 9.23. The van der Waals surface area contributed by atoms with E-state index in [1.807, 2.05) is 0 Å². The van der Waals surface area contributed by atoms with E-state index in [1.165, 1.54) is 18.2 Å². The third-order valence-electron chi connectivity index (χ3n) is 2.17. The molecule has 0 spiro atoms. The fraction of sp³-hybridized carbons (Fsp3) is 0.0909. The van der Waals surface area contributed by atoms with Crippen molar-refractivity contribution in [1.82, 2.24) is 9.97 Å². The number of aromatic nitrogens is 2. The van der Waals surface area contributed by atoms with Crippen LogP contribution in [0.5, 0.6) is 5.75 Å². The molecular formula is C11H7F3N2O3. The summed E-state index contributed by atoms with van der Waals surface area (Å²) in [5.74, 6) is -1.73. The molecule has 2 aromatic rings. The number of halogens is 3. The highest BCUT2D eigenvalue weighted by atomic mass is 19.4. The van der Waals surface area contributed by atoms with Crippen molar-refractivity contribution in [2.75, 3.05) is 0 Å². The fourth-order valence-electron chi connectivity index (χ4n) is 1.44. The van der Waals surface area contributed by atoms with Crippen LogP contribution in [0.1, 0.15) is 10.5 Å². The fourth-order valence-corrected chi connectivity index (χ4v) is 1.44. The van der Waals surface area contributed by atoms with Crippen molar-refractivity contribution in [2.24, 2.45) is 0 Å². The molecule has 0 atom stereocenters. The quantitative estimate of drug-likeness (QED) is 0.900. The topological polar surface area (TPSA) is 75.2 Å². The molecule has 0 aliphatic rings. The lowest BCUT2D eigenvalue weighted by atomic mass is 10.2. The molecular weight excluding hydrogens is 265 g/mol. The van der Waals surface area contributed by atoms with Gasteiger partial charge in [0.05, 0.1) is 11.8 Å². The zero-order chi connectivity index (χ0) is 14.0. The van der Waals surface area contributed by atoms with Crippen LogP contribution < -0.4 is 4.74 Å². The SMILES string of the molecule is O=C(O)c1cnc(-c2ccccc2OC(F)(F)F)[nH]1. The van der Waals surface area contributed by atoms with Crippen LogP contribution in [0.4, 0.5) is 13.2 Å². The monoisotopic (exact) mass is 272 g/mol. The van der Waals surface area contributed by atoms with Crippen LogP contribution in [0.3, 0.4) is 0 Å². The summed E-state index contributed by atoms with van der Waals surface area (Å²) >= 11 is 0. The van der Waals surface area contributed by atoms with E-state index < -0.39 is 18.1 Å². The summed E-state index contributed by atoms with van der Waals surface area (Å²) in [5, 5.41) is 8.72. The van der Waals surface area contributed by atoms with Gasteiger partial charge in [-0.05, 0) is 12.1 Å². The van der Waals surface area contributed by atoms with Crippen molar-refractivity contribution in [2.45, 2.75) is 6.36 Å². The van der Waals surface area contributed by atoms with E-state index in [2.05, 4.69) is 14.7 Å². The molecule has 2 N–H and O–H groups in total. The number of H-pyrrole nitrogens is 1. The Morgan fingerprint density at radius 3 is 2.58 bits per heavy atom. The van der Waals surface area contributed by atoms with Crippen molar-refractivity contribution < 1.29 is 27.8 Å². The van der Waals surface area contributed by atoms with Gasteiger partial charge in [-0.25, -0.2) is 9.78 Å². The van der Waals surface area contributed by atoms with Crippen LogP contribution in [0.15, 0.2) is 30.5 Å². The Kier molecular flexibility index (Phi) is 3.16. The van der Waals surface area contributed by atoms with Gasteiger partial charge >= 0.3 is 12.3 Å². The first-order valence-corrected chi connectivity index (χ1v) is 5.00. The number of hydrogen-bond donors (Lipinski definition) is 2. The van der Waals surface area contributed by atoms with Gasteiger partial charge in [-0.15, -0.1) is 13.2 Å². The Hall–Kier alpha value is -2.51. The van der Waals surface area contributed by atoms with Gasteiger partial charge in [0.25, 0.3) is 0 Å². The third kappa shape index (κ3) is 3.03. The minimum absolute atomic E-state index is 0.0164. The molecule has 0 saturated heterocycles. The molecule has 0 aliphatic heterocycles. The molecule has 1 heterocycles. The Morgan fingerprint density at radius 2 is 2.00 bits per heavy atom. The molecule has 0 radical (unpaired) electrons. The van der Waals surface area contributed by atoms with Gasteiger partial charge in [0.1, 0.15) is 17.3 Å². The standard InChI is InChI=1S/C11H7F3N2O3/c12-11(13,14)19-8-4-2-1-3-6(8)9-15-5-7(16-9)10(17)18/h1-5H,(H,15,16)(H,17,18). The Bertz CT molecular complexity index is 607. The minimum atomic E-state index is -4.83. The second kappa shape index (κ2) is 4.63. The highest BCUT2D eigenvalue weighted by Gasteiger charge is 2.32. The summed E-state index contributed by atoms with van der Waals surface area (Å²) in [6, 6.07) is 5.31. The second-order valence-electron chi connectivity index (χ2n) is 3.49. The molecule has 0 saturated carbocycles. The number of imidazole rings is 1. The molecule has 0 unspecified atom stereocenters. The van der Waals surface area contributed by atoms with E-state index in [-0.39, 0.29) is 17.1 Å². The first-order valence-electron chi connectivity index (χ1n) is 5.00. The average Bonchev–Trinajstić information content (AvgIpc) is 2.76. The number of rotatable bonds is 3. The number of aromatic carboxylic acids is 1. The largest absolute Gasteiger partial charge is 0.573 e. The zero-order valence-corrected chi connectivity index (χ0v) is 9.23. The number of para-hydroxylation sites is 1. The molecule has 0 fully saturated rings. The lowest BCUT2D eigenvalue weighted by Gasteiger charge is -2.11. The molecule has 2 rings (SSSR count). The molecule has 0 aliphatic carbocycles. The number of hydrogen-bond acceptors (Lipinski definition) is 3. The van der Waals surface area contributed by atoms with Gasteiger partial charge in [-0.2, -0.15) is 0 Å². The van der Waals surface area contributed by atoms with Crippen molar-refractivity contribution in [3.63, 3.8) is 0 Å².